The molecule has 0 bridgehead atoms. The second kappa shape index (κ2) is 11.4. The molecule has 1 atom stereocenters. The summed E-state index contributed by atoms with van der Waals surface area (Å²) in [6.07, 6.45) is 4.77. The molecule has 0 saturated carbocycles. The number of ether oxygens (including phenoxy) is 1. The molecule has 0 radical (unpaired) electrons. The number of benzene rings is 2. The minimum absolute atomic E-state index is 0.247. The maximum Gasteiger partial charge on any atom is 0.408 e. The van der Waals surface area contributed by atoms with Crippen LogP contribution in [0.25, 0.3) is 0 Å². The van der Waals surface area contributed by atoms with Crippen LogP contribution in [0.5, 0.6) is 0 Å². The topological polar surface area (TPSA) is 87.7 Å². The summed E-state index contributed by atoms with van der Waals surface area (Å²) < 4.78 is 5.21. The molecule has 0 spiro atoms. The van der Waals surface area contributed by atoms with Crippen LogP contribution in [0.4, 0.5) is 10.5 Å². The molecule has 0 saturated heterocycles. The number of carbonyl (C=O) groups is 3. The molecule has 2 aromatic rings. The number of hydrogen-bond acceptors (Lipinski definition) is 4. The first-order chi connectivity index (χ1) is 16.0. The van der Waals surface area contributed by atoms with Crippen LogP contribution in [-0.2, 0) is 14.3 Å². The first-order valence-electron chi connectivity index (χ1n) is 11.2. The van der Waals surface area contributed by atoms with Gasteiger partial charge in [-0.2, -0.15) is 0 Å². The van der Waals surface area contributed by atoms with Gasteiger partial charge in [-0.1, -0.05) is 36.3 Å². The average Bonchev–Trinajstić information content (AvgIpc) is 2.77. The number of likely N-dealkylation sites (N-methyl/N-ethyl adjacent to an activating group) is 1. The lowest BCUT2D eigenvalue weighted by Crippen LogP contribution is -2.46. The molecule has 0 heterocycles. The van der Waals surface area contributed by atoms with Crippen molar-refractivity contribution in [2.24, 2.45) is 0 Å². The Bertz CT molecular complexity index is 1060. The molecule has 0 aliphatic heterocycles. The van der Waals surface area contributed by atoms with Gasteiger partial charge in [0.25, 0.3) is 5.91 Å². The number of para-hydroxylation sites is 1. The van der Waals surface area contributed by atoms with Crippen LogP contribution in [0.2, 0.25) is 0 Å². The van der Waals surface area contributed by atoms with Crippen molar-refractivity contribution in [3.8, 4) is 12.3 Å². The van der Waals surface area contributed by atoms with Gasteiger partial charge in [0.05, 0.1) is 0 Å². The van der Waals surface area contributed by atoms with E-state index in [-0.39, 0.29) is 19.0 Å². The van der Waals surface area contributed by atoms with Gasteiger partial charge in [-0.15, -0.1) is 6.42 Å². The molecule has 2 aromatic carbocycles. The Morgan fingerprint density at radius 2 is 1.65 bits per heavy atom. The largest absolute Gasteiger partial charge is 0.444 e. The highest BCUT2D eigenvalue weighted by atomic mass is 16.6. The van der Waals surface area contributed by atoms with Crippen LogP contribution < -0.4 is 10.6 Å². The summed E-state index contributed by atoms with van der Waals surface area (Å²) in [6, 6.07) is 11.7. The normalized spacial score (nSPS) is 11.7. The lowest BCUT2D eigenvalue weighted by atomic mass is 10.0. The second-order valence-corrected chi connectivity index (χ2v) is 8.96. The number of anilines is 1. The van der Waals surface area contributed by atoms with E-state index in [9.17, 15) is 14.4 Å². The Balaban J connectivity index is 2.34. The third-order valence-electron chi connectivity index (χ3n) is 5.13. The maximum atomic E-state index is 13.5. The molecule has 7 nitrogen and oxygen atoms in total. The van der Waals surface area contributed by atoms with Gasteiger partial charge in [-0.05, 0) is 70.4 Å². The second-order valence-electron chi connectivity index (χ2n) is 8.96. The predicted molar refractivity (Wildman–Crippen MR) is 133 cm³/mol. The minimum atomic E-state index is -0.927. The van der Waals surface area contributed by atoms with E-state index in [0.717, 1.165) is 11.1 Å². The van der Waals surface area contributed by atoms with Crippen LogP contribution in [0.15, 0.2) is 42.5 Å². The molecule has 1 unspecified atom stereocenters. The maximum absolute atomic E-state index is 13.5. The molecule has 3 amide bonds. The van der Waals surface area contributed by atoms with Gasteiger partial charge in [0.2, 0.25) is 5.91 Å². The average molecular weight is 464 g/mol. The van der Waals surface area contributed by atoms with Crippen molar-refractivity contribution in [2.75, 3.05) is 18.4 Å². The fourth-order valence-corrected chi connectivity index (χ4v) is 3.50. The molecule has 34 heavy (non-hydrogen) atoms. The number of hydrogen-bond donors (Lipinski definition) is 2. The van der Waals surface area contributed by atoms with E-state index < -0.39 is 23.6 Å². The molecule has 2 N–H and O–H groups in total. The third-order valence-corrected chi connectivity index (χ3v) is 5.13. The summed E-state index contributed by atoms with van der Waals surface area (Å²) in [6.45, 7) is 10.7. The Kier molecular flexibility index (Phi) is 8.85. The number of nitrogens with one attached hydrogen (secondary N) is 2. The zero-order valence-electron chi connectivity index (χ0n) is 20.7. The van der Waals surface area contributed by atoms with Gasteiger partial charge >= 0.3 is 6.09 Å². The van der Waals surface area contributed by atoms with Gasteiger partial charge in [-0.25, -0.2) is 4.79 Å². The monoisotopic (exact) mass is 463 g/mol. The van der Waals surface area contributed by atoms with E-state index in [1.54, 1.807) is 52.0 Å². The number of aryl methyl sites for hydroxylation is 2. The van der Waals surface area contributed by atoms with Gasteiger partial charge in [0.1, 0.15) is 18.2 Å². The van der Waals surface area contributed by atoms with Gasteiger partial charge < -0.3 is 20.3 Å². The van der Waals surface area contributed by atoms with Crippen LogP contribution in [0, 0.1) is 26.2 Å². The Hall–Kier alpha value is -3.79. The van der Waals surface area contributed by atoms with Crippen LogP contribution in [0.3, 0.4) is 0 Å². The molecular formula is C27H33N3O4. The number of amides is 3. The molecule has 0 aliphatic rings. The van der Waals surface area contributed by atoms with E-state index >= 15 is 0 Å². The number of nitrogens with zero attached hydrogens (tertiary/aromatic N) is 1. The first kappa shape index (κ1) is 26.5. The van der Waals surface area contributed by atoms with Gasteiger partial charge in [0, 0.05) is 17.8 Å². The van der Waals surface area contributed by atoms with Crippen molar-refractivity contribution in [3.05, 3.63) is 64.7 Å². The van der Waals surface area contributed by atoms with Gasteiger partial charge in [-0.3, -0.25) is 9.59 Å². The molecular weight excluding hydrogens is 430 g/mol. The summed E-state index contributed by atoms with van der Waals surface area (Å²) in [5.41, 5.74) is 3.11. The summed E-state index contributed by atoms with van der Waals surface area (Å²) in [4.78, 5) is 40.1. The Labute approximate surface area is 201 Å². The van der Waals surface area contributed by atoms with Crippen molar-refractivity contribution >= 4 is 23.6 Å². The standard InChI is InChI=1S/C27H33N3O4/c1-8-20-13-15-21(16-14-20)24(25(32)29-23-18(3)11-10-12-19(23)4)30(9-2)22(31)17-28-26(33)34-27(5,6)7/h1,10-16,24H,9,17H2,2-7H3,(H,28,33)(H,29,32). The highest BCUT2D eigenvalue weighted by Gasteiger charge is 2.31. The summed E-state index contributed by atoms with van der Waals surface area (Å²) in [7, 11) is 0. The summed E-state index contributed by atoms with van der Waals surface area (Å²) >= 11 is 0. The number of alkyl carbamates (subject to hydrolysis) is 1. The molecule has 0 aliphatic carbocycles. The SMILES string of the molecule is C#Cc1ccc(C(C(=O)Nc2c(C)cccc2C)N(CC)C(=O)CNC(=O)OC(C)(C)C)cc1. The third kappa shape index (κ3) is 7.11. The molecule has 7 heteroatoms. The number of rotatable bonds is 7. The van der Waals surface area contributed by atoms with Crippen molar-refractivity contribution in [2.45, 2.75) is 53.2 Å². The van der Waals surface area contributed by atoms with E-state index in [1.807, 2.05) is 32.0 Å². The molecule has 0 aromatic heterocycles. The van der Waals surface area contributed by atoms with Crippen LogP contribution in [0.1, 0.15) is 56.0 Å². The smallest absolute Gasteiger partial charge is 0.408 e. The predicted octanol–water partition coefficient (Wildman–Crippen LogP) is 4.34. The molecule has 0 fully saturated rings. The van der Waals surface area contributed by atoms with Gasteiger partial charge in [0.15, 0.2) is 0 Å². The highest BCUT2D eigenvalue weighted by molar-refractivity contribution is 5.99. The lowest BCUT2D eigenvalue weighted by molar-refractivity contribution is -0.138. The number of carbonyl (C=O) groups excluding carboxylic acids is 3. The van der Waals surface area contributed by atoms with Crippen LogP contribution >= 0.6 is 0 Å². The minimum Gasteiger partial charge on any atom is -0.444 e. The van der Waals surface area contributed by atoms with Crippen molar-refractivity contribution in [3.63, 3.8) is 0 Å². The molecule has 2 rings (SSSR count). The van der Waals surface area contributed by atoms with Crippen molar-refractivity contribution < 1.29 is 19.1 Å². The fraction of sp³-hybridized carbons (Fsp3) is 0.370. The van der Waals surface area contributed by atoms with E-state index in [0.29, 0.717) is 16.8 Å². The summed E-state index contributed by atoms with van der Waals surface area (Å²) in [5, 5.41) is 5.46. The molecule has 180 valence electrons. The van der Waals surface area contributed by atoms with Crippen LogP contribution in [-0.4, -0.2) is 41.5 Å². The lowest BCUT2D eigenvalue weighted by Gasteiger charge is -2.31. The van der Waals surface area contributed by atoms with Crippen molar-refractivity contribution in [1.82, 2.24) is 10.2 Å². The van der Waals surface area contributed by atoms with E-state index in [2.05, 4.69) is 16.6 Å². The first-order valence-corrected chi connectivity index (χ1v) is 11.2. The van der Waals surface area contributed by atoms with E-state index in [4.69, 9.17) is 11.2 Å². The fourth-order valence-electron chi connectivity index (χ4n) is 3.50. The Morgan fingerprint density at radius 3 is 2.15 bits per heavy atom. The van der Waals surface area contributed by atoms with Crippen molar-refractivity contribution in [1.29, 1.82) is 0 Å². The summed E-state index contributed by atoms with van der Waals surface area (Å²) in [5.74, 6) is 1.77. The number of terminal acetylenes is 1. The zero-order valence-corrected chi connectivity index (χ0v) is 20.7. The van der Waals surface area contributed by atoms with E-state index in [1.165, 1.54) is 4.90 Å². The Morgan fingerprint density at radius 1 is 1.06 bits per heavy atom. The quantitative estimate of drug-likeness (QED) is 0.598. The zero-order chi connectivity index (χ0) is 25.5. The highest BCUT2D eigenvalue weighted by Crippen LogP contribution is 2.26.